The van der Waals surface area contributed by atoms with Gasteiger partial charge in [-0.15, -0.1) is 0 Å². The monoisotopic (exact) mass is 333 g/mol. The Kier molecular flexibility index (Phi) is 2.05. The van der Waals surface area contributed by atoms with Crippen molar-refractivity contribution in [3.05, 3.63) is 29.6 Å². The molecule has 2 unspecified atom stereocenters. The van der Waals surface area contributed by atoms with Gasteiger partial charge in [-0.2, -0.15) is 0 Å². The third-order valence-electron chi connectivity index (χ3n) is 3.37. The van der Waals surface area contributed by atoms with Gasteiger partial charge in [0, 0.05) is 22.6 Å². The highest BCUT2D eigenvalue weighted by Crippen LogP contribution is 2.53. The Hall–Kier alpha value is -0.720. The van der Waals surface area contributed by atoms with Crippen molar-refractivity contribution in [2.75, 3.05) is 4.43 Å². The molecule has 1 fully saturated rings. The van der Waals surface area contributed by atoms with Crippen molar-refractivity contribution in [3.63, 3.8) is 0 Å². The van der Waals surface area contributed by atoms with Crippen LogP contribution < -0.4 is 0 Å². The molecule has 3 nitrogen and oxygen atoms in total. The van der Waals surface area contributed by atoms with Gasteiger partial charge in [0.25, 0.3) is 0 Å². The Morgan fingerprint density at radius 3 is 3.06 bits per heavy atom. The number of esters is 1. The van der Waals surface area contributed by atoms with E-state index in [9.17, 15) is 9.18 Å². The van der Waals surface area contributed by atoms with Crippen LogP contribution in [0.4, 0.5) is 4.39 Å². The number of alkyl halides is 2. The predicted molar refractivity (Wildman–Crippen MR) is 62.9 cm³/mol. The lowest BCUT2D eigenvalue weighted by molar-refractivity contribution is -0.195. The van der Waals surface area contributed by atoms with Gasteiger partial charge in [0.2, 0.25) is 5.67 Å². The first-order chi connectivity index (χ1) is 7.62. The van der Waals surface area contributed by atoms with Crippen LogP contribution in [-0.4, -0.2) is 15.4 Å². The molecule has 0 saturated carbocycles. The van der Waals surface area contributed by atoms with E-state index in [4.69, 9.17) is 4.74 Å². The first-order valence-electron chi connectivity index (χ1n) is 5.07. The van der Waals surface area contributed by atoms with Crippen molar-refractivity contribution >= 4 is 28.6 Å². The van der Waals surface area contributed by atoms with Crippen LogP contribution in [-0.2, 0) is 20.8 Å². The maximum atomic E-state index is 14.5. The Morgan fingerprint density at radius 2 is 2.38 bits per heavy atom. The number of aromatic nitrogens is 1. The molecule has 1 saturated heterocycles. The van der Waals surface area contributed by atoms with Crippen molar-refractivity contribution in [1.29, 1.82) is 0 Å². The number of carbonyl (C=O) groups is 1. The minimum absolute atomic E-state index is 0.202. The SMILES string of the molecule is O=C1OC2(CI)CCC1(F)c1cccnc12. The van der Waals surface area contributed by atoms with Gasteiger partial charge in [-0.05, 0) is 12.5 Å². The number of ether oxygens (including phenoxy) is 1. The van der Waals surface area contributed by atoms with Crippen LogP contribution in [0.25, 0.3) is 0 Å². The molecule has 16 heavy (non-hydrogen) atoms. The molecular formula is C11H9FINO2. The van der Waals surface area contributed by atoms with Crippen LogP contribution in [0.3, 0.4) is 0 Å². The highest BCUT2D eigenvalue weighted by Gasteiger charge is 2.61. The van der Waals surface area contributed by atoms with E-state index < -0.39 is 17.2 Å². The number of nitrogens with zero attached hydrogens (tertiary/aromatic N) is 1. The molecule has 3 heterocycles. The molecule has 2 bridgehead atoms. The summed E-state index contributed by atoms with van der Waals surface area (Å²) >= 11 is 2.16. The molecule has 1 aromatic rings. The highest BCUT2D eigenvalue weighted by molar-refractivity contribution is 14.1. The quantitative estimate of drug-likeness (QED) is 0.449. The lowest BCUT2D eigenvalue weighted by Gasteiger charge is -2.47. The van der Waals surface area contributed by atoms with E-state index in [1.165, 1.54) is 0 Å². The second kappa shape index (κ2) is 3.15. The molecule has 3 aliphatic rings. The third-order valence-corrected chi connectivity index (χ3v) is 4.60. The molecular weight excluding hydrogens is 324 g/mol. The summed E-state index contributed by atoms with van der Waals surface area (Å²) in [4.78, 5) is 15.9. The molecule has 4 rings (SSSR count). The standard InChI is InChI=1S/C11H9FINO2/c12-11-4-3-10(6-13,16-9(11)15)8-7(11)2-1-5-14-8/h1-2,5H,3-4,6H2. The molecule has 2 aliphatic heterocycles. The van der Waals surface area contributed by atoms with Gasteiger partial charge in [-0.25, -0.2) is 9.18 Å². The first-order valence-corrected chi connectivity index (χ1v) is 6.59. The van der Waals surface area contributed by atoms with E-state index in [0.717, 1.165) is 0 Å². The molecule has 5 heteroatoms. The summed E-state index contributed by atoms with van der Waals surface area (Å²) in [6, 6.07) is 3.30. The summed E-state index contributed by atoms with van der Waals surface area (Å²) in [6.45, 7) is 0. The molecule has 1 aromatic heterocycles. The average Bonchev–Trinajstić information content (AvgIpc) is 2.32. The van der Waals surface area contributed by atoms with Crippen LogP contribution in [0.1, 0.15) is 24.1 Å². The van der Waals surface area contributed by atoms with Gasteiger partial charge >= 0.3 is 5.97 Å². The van der Waals surface area contributed by atoms with E-state index in [2.05, 4.69) is 27.6 Å². The summed E-state index contributed by atoms with van der Waals surface area (Å²) in [5, 5.41) is 0. The van der Waals surface area contributed by atoms with Crippen molar-refractivity contribution in [1.82, 2.24) is 4.98 Å². The smallest absolute Gasteiger partial charge is 0.349 e. The zero-order chi connectivity index (χ0) is 11.4. The van der Waals surface area contributed by atoms with Crippen LogP contribution in [0, 0.1) is 0 Å². The lowest BCUT2D eigenvalue weighted by Crippen LogP contribution is -2.54. The fourth-order valence-corrected chi connectivity index (χ4v) is 3.34. The predicted octanol–water partition coefficient (Wildman–Crippen LogP) is 2.23. The molecule has 0 amide bonds. The highest BCUT2D eigenvalue weighted by atomic mass is 127. The number of rotatable bonds is 1. The van der Waals surface area contributed by atoms with Crippen molar-refractivity contribution in [3.8, 4) is 0 Å². The Morgan fingerprint density at radius 1 is 1.56 bits per heavy atom. The van der Waals surface area contributed by atoms with Gasteiger partial charge in [0.15, 0.2) is 5.60 Å². The van der Waals surface area contributed by atoms with E-state index in [1.54, 1.807) is 18.3 Å². The van der Waals surface area contributed by atoms with Gasteiger partial charge in [0.05, 0.1) is 5.69 Å². The largest absolute Gasteiger partial charge is 0.449 e. The van der Waals surface area contributed by atoms with Crippen molar-refractivity contribution < 1.29 is 13.9 Å². The topological polar surface area (TPSA) is 39.2 Å². The maximum absolute atomic E-state index is 14.5. The molecule has 84 valence electrons. The number of hydrogen-bond acceptors (Lipinski definition) is 3. The van der Waals surface area contributed by atoms with Crippen LogP contribution in [0.5, 0.6) is 0 Å². The Bertz CT molecular complexity index is 481. The van der Waals surface area contributed by atoms with Crippen LogP contribution in [0.15, 0.2) is 18.3 Å². The van der Waals surface area contributed by atoms with Gasteiger partial charge in [-0.1, -0.05) is 28.7 Å². The lowest BCUT2D eigenvalue weighted by atomic mass is 9.72. The average molecular weight is 333 g/mol. The number of carbonyl (C=O) groups excluding carboxylic acids is 1. The molecule has 0 aromatic carbocycles. The summed E-state index contributed by atoms with van der Waals surface area (Å²) in [6.07, 6.45) is 2.33. The maximum Gasteiger partial charge on any atom is 0.349 e. The minimum Gasteiger partial charge on any atom is -0.449 e. The Balaban J connectivity index is 2.30. The number of hydrogen-bond donors (Lipinski definition) is 0. The van der Waals surface area contributed by atoms with E-state index in [-0.39, 0.29) is 6.42 Å². The molecule has 0 spiro atoms. The molecule has 2 atom stereocenters. The fourth-order valence-electron chi connectivity index (χ4n) is 2.44. The second-order valence-corrected chi connectivity index (χ2v) is 4.98. The zero-order valence-electron chi connectivity index (χ0n) is 8.37. The zero-order valence-corrected chi connectivity index (χ0v) is 10.5. The van der Waals surface area contributed by atoms with Crippen LogP contribution in [0.2, 0.25) is 0 Å². The molecule has 1 aliphatic carbocycles. The fraction of sp³-hybridized carbons (Fsp3) is 0.455. The first kappa shape index (κ1) is 10.4. The van der Waals surface area contributed by atoms with Crippen LogP contribution >= 0.6 is 22.6 Å². The molecule has 0 N–H and O–H groups in total. The van der Waals surface area contributed by atoms with Gasteiger partial charge in [-0.3, -0.25) is 4.98 Å². The summed E-state index contributed by atoms with van der Waals surface area (Å²) < 4.78 is 20.4. The number of halogens is 2. The van der Waals surface area contributed by atoms with E-state index in [0.29, 0.717) is 22.1 Å². The summed E-state index contributed by atoms with van der Waals surface area (Å²) in [7, 11) is 0. The minimum atomic E-state index is -1.98. The normalized spacial score (nSPS) is 35.8. The van der Waals surface area contributed by atoms with E-state index in [1.807, 2.05) is 0 Å². The van der Waals surface area contributed by atoms with Gasteiger partial charge in [0.1, 0.15) is 0 Å². The van der Waals surface area contributed by atoms with Crippen molar-refractivity contribution in [2.45, 2.75) is 24.1 Å². The molecule has 0 radical (unpaired) electrons. The summed E-state index contributed by atoms with van der Waals surface area (Å²) in [5.74, 6) is -0.754. The van der Waals surface area contributed by atoms with Crippen molar-refractivity contribution in [2.24, 2.45) is 0 Å². The second-order valence-electron chi connectivity index (χ2n) is 4.22. The third kappa shape index (κ3) is 1.07. The van der Waals surface area contributed by atoms with E-state index >= 15 is 0 Å². The Labute approximate surface area is 106 Å². The number of fused-ring (bicyclic) bond motifs is 2. The van der Waals surface area contributed by atoms with Gasteiger partial charge < -0.3 is 4.74 Å². The summed E-state index contributed by atoms with van der Waals surface area (Å²) in [5.41, 5.74) is -1.69. The number of pyridine rings is 1.